The molecule has 34 nitrogen and oxygen atoms in total. The van der Waals surface area contributed by atoms with Crippen LogP contribution in [0.15, 0.2) is 35.5 Å². The Labute approximate surface area is 676 Å². The molecule has 7 heterocycles. The van der Waals surface area contributed by atoms with Crippen LogP contribution in [0.4, 0.5) is 0 Å². The number of rotatable bonds is 21. The molecule has 0 saturated carbocycles. The first-order chi connectivity index (χ1) is 53.8. The number of aliphatic hydroxyl groups excluding tert-OH is 19. The van der Waals surface area contributed by atoms with Gasteiger partial charge in [-0.15, -0.1) is 0 Å². The molecule has 0 radical (unpaired) electrons. The first-order valence-corrected chi connectivity index (χ1v) is 41.8. The Morgan fingerprint density at radius 1 is 0.591 bits per heavy atom. The van der Waals surface area contributed by atoms with E-state index in [2.05, 4.69) is 0 Å². The van der Waals surface area contributed by atoms with Crippen molar-refractivity contribution in [2.45, 2.75) is 419 Å². The summed E-state index contributed by atoms with van der Waals surface area (Å²) >= 11 is 0. The Morgan fingerprint density at radius 2 is 1.19 bits per heavy atom. The van der Waals surface area contributed by atoms with Gasteiger partial charge < -0.3 is 166 Å². The molecule has 7 aliphatic rings. The summed E-state index contributed by atoms with van der Waals surface area (Å²) in [7, 11) is 0. The van der Waals surface area contributed by atoms with Crippen LogP contribution in [0, 0.1) is 41.4 Å². The normalized spacial score (nSPS) is 47.9. The van der Waals surface area contributed by atoms with Gasteiger partial charge in [0.2, 0.25) is 0 Å². The smallest absolute Gasteiger partial charge is 0.333 e. The maximum absolute atomic E-state index is 14.6. The van der Waals surface area contributed by atoms with Gasteiger partial charge in [0.1, 0.15) is 73.2 Å². The molecular weight excluding hydrogens is 1510 g/mol. The molecule has 6 saturated heterocycles. The third-order valence-corrected chi connectivity index (χ3v) is 25.7. The lowest BCUT2D eigenvalue weighted by atomic mass is 9.72. The summed E-state index contributed by atoms with van der Waals surface area (Å²) in [6.07, 6.45) is -42.9. The Morgan fingerprint density at radius 3 is 1.81 bits per heavy atom. The van der Waals surface area contributed by atoms with Crippen LogP contribution in [0.5, 0.6) is 0 Å². The molecule has 7 rings (SSSR count). The summed E-state index contributed by atoms with van der Waals surface area (Å²) in [5.41, 5.74) is 12.4. The summed E-state index contributed by atoms with van der Waals surface area (Å²) in [6.45, 7) is 22.6. The van der Waals surface area contributed by atoms with Gasteiger partial charge in [-0.2, -0.15) is 0 Å². The average Bonchev–Trinajstić information content (AvgIpc) is 0.770. The van der Waals surface area contributed by atoms with Gasteiger partial charge in [0.25, 0.3) is 0 Å². The minimum Gasteiger partial charge on any atom is -0.458 e. The van der Waals surface area contributed by atoms with Gasteiger partial charge in [0, 0.05) is 79.4 Å². The van der Waals surface area contributed by atoms with E-state index in [1.165, 1.54) is 39.8 Å². The molecule has 6 fully saturated rings. The van der Waals surface area contributed by atoms with Crippen molar-refractivity contribution >= 4 is 5.97 Å². The van der Waals surface area contributed by atoms with E-state index in [1.54, 1.807) is 60.6 Å². The van der Waals surface area contributed by atoms with Crippen molar-refractivity contribution in [2.24, 2.45) is 52.9 Å². The van der Waals surface area contributed by atoms with Crippen LogP contribution >= 0.6 is 0 Å². The van der Waals surface area contributed by atoms with Crippen molar-refractivity contribution in [2.75, 3.05) is 6.61 Å². The lowest BCUT2D eigenvalue weighted by molar-refractivity contribution is -0.389. The van der Waals surface area contributed by atoms with Crippen molar-refractivity contribution in [3.8, 4) is 0 Å². The van der Waals surface area contributed by atoms with Crippen LogP contribution in [-0.2, 0) is 56.9 Å². The van der Waals surface area contributed by atoms with E-state index in [1.807, 2.05) is 20.8 Å². The van der Waals surface area contributed by atoms with Gasteiger partial charge in [-0.1, -0.05) is 86.1 Å². The number of nitrogens with two attached hydrogens (primary N) is 2. The summed E-state index contributed by atoms with van der Waals surface area (Å²) in [5, 5.41) is 231. The van der Waals surface area contributed by atoms with Crippen molar-refractivity contribution < 1.29 is 159 Å². The third-order valence-electron chi connectivity index (χ3n) is 25.7. The van der Waals surface area contributed by atoms with Crippen LogP contribution in [0.2, 0.25) is 0 Å². The van der Waals surface area contributed by atoms with Crippen LogP contribution in [-0.4, -0.2) is 340 Å². The molecule has 34 heteroatoms. The SMILES string of the molecule is CCC[C@@H](C1C[C@](C)(N)[C@H](O)[C@H](C)O1)[C@H](C)[C@H](O)[C@@H](C=C[C@H](O)[C@@H](C)[C@@H]1C/C=C(/C)[C@@H](O)[C@@H](C)[C@H](O[C@@H]2O[C@H](CO)[C@@H](O)[C@H](O)[C@@H]2O)C[C@@H](O)[C@@H](C)[C@H](O)C[C@@H]2C[C@H](O)[C@@H](O)[C@](O)(C[C@@H](O[C@@H]3O[C@H](C)[C@@H](O)[C@H](O[C@H]4C[C@H](N)[C@H](O)[C@@H](C)O4)[C@H]3O[C@H]3O[C@H](C)[C@@H](O)[C@H](O)[C@H]3O)[C@@H](C)CC[C@@H](O)C[C@@H](O)C/C=C(\CC)C(=O)O1)O2)CC. The first kappa shape index (κ1) is 99.5. The molecule has 0 aromatic heterocycles. The second-order valence-electron chi connectivity index (χ2n) is 34.8. The highest BCUT2D eigenvalue weighted by Crippen LogP contribution is 2.43. The Kier molecular flexibility index (Phi) is 38.2. The molecule has 0 aromatic rings. The van der Waals surface area contributed by atoms with Crippen molar-refractivity contribution in [1.82, 2.24) is 0 Å². The quantitative estimate of drug-likeness (QED) is 0.0463. The molecule has 44 atom stereocenters. The van der Waals surface area contributed by atoms with Gasteiger partial charge in [0.05, 0.1) is 116 Å². The van der Waals surface area contributed by atoms with Crippen molar-refractivity contribution in [1.29, 1.82) is 0 Å². The highest BCUT2D eigenvalue weighted by atomic mass is 16.8. The summed E-state index contributed by atoms with van der Waals surface area (Å²) in [4.78, 5) is 14.6. The second-order valence-corrected chi connectivity index (χ2v) is 34.8. The van der Waals surface area contributed by atoms with Crippen molar-refractivity contribution in [3.05, 3.63) is 35.5 Å². The van der Waals surface area contributed by atoms with E-state index < -0.39 is 287 Å². The van der Waals surface area contributed by atoms with Gasteiger partial charge in [-0.05, 0) is 116 Å². The van der Waals surface area contributed by atoms with E-state index in [-0.39, 0.29) is 74.0 Å². The Balaban J connectivity index is 1.25. The zero-order valence-electron chi connectivity index (χ0n) is 69.4. The first-order valence-electron chi connectivity index (χ1n) is 41.8. The molecule has 115 heavy (non-hydrogen) atoms. The van der Waals surface area contributed by atoms with Crippen LogP contribution < -0.4 is 11.5 Å². The summed E-state index contributed by atoms with van der Waals surface area (Å²) in [6, 6.07) is -0.875. The molecule has 0 aliphatic carbocycles. The van der Waals surface area contributed by atoms with Gasteiger partial charge in [-0.3, -0.25) is 0 Å². The molecule has 0 spiro atoms. The van der Waals surface area contributed by atoms with E-state index in [0.717, 1.165) is 6.42 Å². The zero-order valence-corrected chi connectivity index (χ0v) is 69.4. The number of hydrogen-bond donors (Lipinski definition) is 22. The number of ether oxygens (including phenoxy) is 11. The highest BCUT2D eigenvalue weighted by Gasteiger charge is 2.57. The highest BCUT2D eigenvalue weighted by molar-refractivity contribution is 5.88. The van der Waals surface area contributed by atoms with E-state index in [4.69, 9.17) is 63.6 Å². The number of carbonyl (C=O) groups is 1. The Hall–Kier alpha value is -2.59. The fraction of sp³-hybridized carbons (Fsp3) is 0.914. The van der Waals surface area contributed by atoms with Crippen LogP contribution in [0.25, 0.3) is 0 Å². The third kappa shape index (κ3) is 25.3. The predicted octanol–water partition coefficient (Wildman–Crippen LogP) is -1.43. The molecule has 7 aliphatic heterocycles. The van der Waals surface area contributed by atoms with Gasteiger partial charge >= 0.3 is 5.97 Å². The number of aliphatic hydroxyl groups is 20. The number of esters is 1. The summed E-state index contributed by atoms with van der Waals surface area (Å²) < 4.78 is 69.1. The van der Waals surface area contributed by atoms with E-state index >= 15 is 0 Å². The van der Waals surface area contributed by atoms with E-state index in [0.29, 0.717) is 19.3 Å². The number of hydrogen-bond acceptors (Lipinski definition) is 34. The predicted molar refractivity (Wildman–Crippen MR) is 411 cm³/mol. The Bertz CT molecular complexity index is 2990. The molecule has 670 valence electrons. The fourth-order valence-electron chi connectivity index (χ4n) is 17.3. The summed E-state index contributed by atoms with van der Waals surface area (Å²) in [5.74, 6) is -8.67. The minimum atomic E-state index is -2.79. The molecule has 0 aromatic carbocycles. The zero-order chi connectivity index (χ0) is 85.9. The number of fused-ring (bicyclic) bond motifs is 2. The van der Waals surface area contributed by atoms with Crippen molar-refractivity contribution in [3.63, 3.8) is 0 Å². The molecule has 0 amide bonds. The lowest BCUT2D eigenvalue weighted by Gasteiger charge is -2.50. The molecule has 24 N–H and O–H groups in total. The lowest BCUT2D eigenvalue weighted by Crippen LogP contribution is -2.65. The topological polar surface area (TPSA) is 575 Å². The largest absolute Gasteiger partial charge is 0.458 e. The van der Waals surface area contributed by atoms with E-state index in [9.17, 15) is 107 Å². The standard InChI is InChI=1S/C81H144N2O32/c1-15-18-50(59-32-80(14,83)74(101)44(13)105-59)37(6)63(92)45(16-2)22-25-52(87)39(8)56-26-20-36(5)62(91)40(9)57(110-78-71(100)69(98)67(96)60(34-84)112-78)31-54(89)38(7)53(88)28-49-29-55(90)75(102)81(104,115-49)33-58(35(4)19-23-47(85)27-48(86)24-21-46(17-3)76(103)109-56)111-79-73(114-77-70(99)68(97)65(94)42(11)107-77)72(66(95)43(12)108-79)113-61-30-51(82)64(93)41(10)106-61/h20-22,25,35,37-45,47-75,77-79,84-102,104H,15-19,23-24,26-34,82-83H2,1-14H3/b25-22?,36-20-,46-21+/t35-,37-,38-,39+,40-,41+,42+,43+,44-,45+,47+,48-,49+,50+,51-,52-,53+,54+,55-,56-,57+,58+,59?,60+,61-,62+,63-,64+,65+,66+,67+,68-,69-,70+,71-,72-,73+,74+,75+,77+,78+,79-,80-,81-/m0/s1. The maximum Gasteiger partial charge on any atom is 0.333 e. The molecular formula is C81H144N2O32. The molecule has 1 unspecified atom stereocenters. The van der Waals surface area contributed by atoms with Crippen LogP contribution in [0.3, 0.4) is 0 Å². The minimum absolute atomic E-state index is 0.0103. The van der Waals surface area contributed by atoms with Gasteiger partial charge in [-0.25, -0.2) is 4.79 Å². The maximum atomic E-state index is 14.6. The number of carbonyl (C=O) groups excluding carboxylic acids is 1. The number of cyclic esters (lactones) is 1. The fourth-order valence-corrected chi connectivity index (χ4v) is 17.3. The van der Waals surface area contributed by atoms with Gasteiger partial charge in [0.15, 0.2) is 30.9 Å². The second kappa shape index (κ2) is 44.1. The van der Waals surface area contributed by atoms with Crippen LogP contribution in [0.1, 0.15) is 193 Å². The average molecular weight is 1660 g/mol. The monoisotopic (exact) mass is 1660 g/mol. The molecule has 2 bridgehead atoms.